The van der Waals surface area contributed by atoms with Crippen molar-refractivity contribution in [1.82, 2.24) is 25.0 Å². The molecule has 34 heavy (non-hydrogen) atoms. The van der Waals surface area contributed by atoms with Gasteiger partial charge in [-0.3, -0.25) is 9.59 Å². The first-order valence-electron chi connectivity index (χ1n) is 11.2. The molecule has 0 spiro atoms. The zero-order chi connectivity index (χ0) is 23.9. The summed E-state index contributed by atoms with van der Waals surface area (Å²) in [6.45, 7) is 5.62. The lowest BCUT2D eigenvalue weighted by molar-refractivity contribution is -0.128. The molecule has 2 amide bonds. The first-order chi connectivity index (χ1) is 16.6. The van der Waals surface area contributed by atoms with Gasteiger partial charge in [-0.25, -0.2) is 4.39 Å². The number of nitrogens with zero attached hydrogens (tertiary/aromatic N) is 5. The Balaban J connectivity index is 1.28. The summed E-state index contributed by atoms with van der Waals surface area (Å²) in [5, 5.41) is 11.7. The standard InChI is InChI=1S/C24H27FN6O2S/c1-2-31-21(16-26-23(33)19-10-6-7-11-20(19)25)27-28-24(31)34-17-22(32)30-14-12-29(13-15-30)18-8-4-3-5-9-18/h3-11H,2,12-17H2,1H3,(H,26,33). The smallest absolute Gasteiger partial charge is 0.254 e. The van der Waals surface area contributed by atoms with Gasteiger partial charge in [0.1, 0.15) is 5.82 Å². The normalized spacial score (nSPS) is 13.7. The molecule has 1 N–H and O–H groups in total. The number of rotatable bonds is 8. The van der Waals surface area contributed by atoms with Gasteiger partial charge in [0, 0.05) is 38.4 Å². The fourth-order valence-corrected chi connectivity index (χ4v) is 4.77. The third kappa shape index (κ3) is 5.56. The predicted molar refractivity (Wildman–Crippen MR) is 129 cm³/mol. The van der Waals surface area contributed by atoms with Crippen molar-refractivity contribution in [3.63, 3.8) is 0 Å². The van der Waals surface area contributed by atoms with E-state index in [9.17, 15) is 14.0 Å². The highest BCUT2D eigenvalue weighted by molar-refractivity contribution is 7.99. The number of benzene rings is 2. The first kappa shape index (κ1) is 23.7. The number of thioether (sulfide) groups is 1. The summed E-state index contributed by atoms with van der Waals surface area (Å²) in [6.07, 6.45) is 0. The van der Waals surface area contributed by atoms with Crippen LogP contribution in [0, 0.1) is 5.82 Å². The monoisotopic (exact) mass is 482 g/mol. The highest BCUT2D eigenvalue weighted by Crippen LogP contribution is 2.20. The third-order valence-electron chi connectivity index (χ3n) is 5.71. The number of hydrogen-bond donors (Lipinski definition) is 1. The van der Waals surface area contributed by atoms with Crippen molar-refractivity contribution in [3.05, 3.63) is 71.8 Å². The molecule has 3 aromatic rings. The second kappa shape index (κ2) is 11.1. The van der Waals surface area contributed by atoms with Crippen LogP contribution >= 0.6 is 11.8 Å². The molecular formula is C24H27FN6O2S. The zero-order valence-corrected chi connectivity index (χ0v) is 19.8. The van der Waals surface area contributed by atoms with E-state index in [4.69, 9.17) is 0 Å². The fourth-order valence-electron chi connectivity index (χ4n) is 3.84. The number of hydrogen-bond acceptors (Lipinski definition) is 6. The van der Waals surface area contributed by atoms with Gasteiger partial charge in [-0.15, -0.1) is 10.2 Å². The lowest BCUT2D eigenvalue weighted by Crippen LogP contribution is -2.49. The lowest BCUT2D eigenvalue weighted by atomic mass is 10.2. The van der Waals surface area contributed by atoms with Crippen molar-refractivity contribution in [3.8, 4) is 0 Å². The molecular weight excluding hydrogens is 455 g/mol. The Morgan fingerprint density at radius 2 is 1.71 bits per heavy atom. The number of carbonyl (C=O) groups is 2. The van der Waals surface area contributed by atoms with Crippen LogP contribution in [-0.2, 0) is 17.9 Å². The summed E-state index contributed by atoms with van der Waals surface area (Å²) in [5.74, 6) is -0.194. The van der Waals surface area contributed by atoms with Gasteiger partial charge in [-0.1, -0.05) is 42.1 Å². The second-order valence-corrected chi connectivity index (χ2v) is 8.74. The summed E-state index contributed by atoms with van der Waals surface area (Å²) in [6, 6.07) is 16.0. The van der Waals surface area contributed by atoms with Crippen LogP contribution in [-0.4, -0.2) is 63.4 Å². The maximum Gasteiger partial charge on any atom is 0.254 e. The molecule has 2 aromatic carbocycles. The minimum atomic E-state index is -0.573. The minimum absolute atomic E-state index is 0.0161. The SMILES string of the molecule is CCn1c(CNC(=O)c2ccccc2F)nnc1SCC(=O)N1CCN(c2ccccc2)CC1. The fraction of sp³-hybridized carbons (Fsp3) is 0.333. The van der Waals surface area contributed by atoms with E-state index in [2.05, 4.69) is 32.5 Å². The van der Waals surface area contributed by atoms with Crippen LogP contribution in [0.25, 0.3) is 0 Å². The molecule has 1 saturated heterocycles. The van der Waals surface area contributed by atoms with E-state index < -0.39 is 11.7 Å². The minimum Gasteiger partial charge on any atom is -0.368 e. The van der Waals surface area contributed by atoms with E-state index in [1.807, 2.05) is 34.6 Å². The number of piperazine rings is 1. The molecule has 0 atom stereocenters. The van der Waals surface area contributed by atoms with Gasteiger partial charge in [0.05, 0.1) is 17.9 Å². The van der Waals surface area contributed by atoms with Crippen molar-refractivity contribution in [2.45, 2.75) is 25.2 Å². The van der Waals surface area contributed by atoms with Crippen LogP contribution in [0.2, 0.25) is 0 Å². The lowest BCUT2D eigenvalue weighted by Gasteiger charge is -2.36. The van der Waals surface area contributed by atoms with Crippen LogP contribution < -0.4 is 10.2 Å². The van der Waals surface area contributed by atoms with Gasteiger partial charge in [0.2, 0.25) is 5.91 Å². The summed E-state index contributed by atoms with van der Waals surface area (Å²) in [7, 11) is 0. The van der Waals surface area contributed by atoms with Gasteiger partial charge in [-0.2, -0.15) is 0 Å². The van der Waals surface area contributed by atoms with Gasteiger partial charge in [0.25, 0.3) is 5.91 Å². The maximum atomic E-state index is 13.8. The van der Waals surface area contributed by atoms with Crippen LogP contribution in [0.15, 0.2) is 59.8 Å². The van der Waals surface area contributed by atoms with Gasteiger partial charge >= 0.3 is 0 Å². The van der Waals surface area contributed by atoms with Crippen molar-refractivity contribution in [2.24, 2.45) is 0 Å². The molecule has 8 nitrogen and oxygen atoms in total. The van der Waals surface area contributed by atoms with Crippen LogP contribution in [0.3, 0.4) is 0 Å². The molecule has 2 heterocycles. The molecule has 1 aliphatic heterocycles. The molecule has 1 aliphatic rings. The summed E-state index contributed by atoms with van der Waals surface area (Å²) in [5.41, 5.74) is 1.16. The first-order valence-corrected chi connectivity index (χ1v) is 12.2. The third-order valence-corrected chi connectivity index (χ3v) is 6.67. The molecule has 0 bridgehead atoms. The number of anilines is 1. The van der Waals surface area contributed by atoms with Crippen molar-refractivity contribution < 1.29 is 14.0 Å². The summed E-state index contributed by atoms with van der Waals surface area (Å²) < 4.78 is 15.7. The molecule has 0 radical (unpaired) electrons. The molecule has 10 heteroatoms. The topological polar surface area (TPSA) is 83.4 Å². The Morgan fingerprint density at radius 1 is 1.00 bits per heavy atom. The van der Waals surface area contributed by atoms with Crippen LogP contribution in [0.5, 0.6) is 0 Å². The van der Waals surface area contributed by atoms with Crippen LogP contribution in [0.4, 0.5) is 10.1 Å². The Morgan fingerprint density at radius 3 is 2.41 bits per heavy atom. The quantitative estimate of drug-likeness (QED) is 0.497. The summed E-state index contributed by atoms with van der Waals surface area (Å²) in [4.78, 5) is 29.2. The van der Waals surface area contributed by atoms with Crippen molar-refractivity contribution >= 4 is 29.3 Å². The number of carbonyl (C=O) groups excluding carboxylic acids is 2. The van der Waals surface area contributed by atoms with E-state index in [0.29, 0.717) is 30.6 Å². The van der Waals surface area contributed by atoms with E-state index >= 15 is 0 Å². The number of para-hydroxylation sites is 1. The zero-order valence-electron chi connectivity index (χ0n) is 19.0. The Kier molecular flexibility index (Phi) is 7.79. The number of aromatic nitrogens is 3. The largest absolute Gasteiger partial charge is 0.368 e. The maximum absolute atomic E-state index is 13.8. The van der Waals surface area contributed by atoms with E-state index in [1.165, 1.54) is 35.6 Å². The Labute approximate surface area is 202 Å². The summed E-state index contributed by atoms with van der Waals surface area (Å²) >= 11 is 1.34. The van der Waals surface area contributed by atoms with Crippen LogP contribution in [0.1, 0.15) is 23.1 Å². The molecule has 1 fully saturated rings. The van der Waals surface area contributed by atoms with Gasteiger partial charge in [-0.05, 0) is 31.2 Å². The predicted octanol–water partition coefficient (Wildman–Crippen LogP) is 2.81. The van der Waals surface area contributed by atoms with Crippen molar-refractivity contribution in [2.75, 3.05) is 36.8 Å². The molecule has 1 aromatic heterocycles. The Bertz CT molecular complexity index is 1130. The van der Waals surface area contributed by atoms with E-state index in [1.54, 1.807) is 6.07 Å². The highest BCUT2D eigenvalue weighted by Gasteiger charge is 2.22. The molecule has 0 saturated carbocycles. The average molecular weight is 483 g/mol. The Hall–Kier alpha value is -3.40. The number of nitrogens with one attached hydrogen (secondary N) is 1. The van der Waals surface area contributed by atoms with Gasteiger partial charge < -0.3 is 19.7 Å². The molecule has 178 valence electrons. The number of amides is 2. The van der Waals surface area contributed by atoms with Gasteiger partial charge in [0.15, 0.2) is 11.0 Å². The number of halogens is 1. The molecule has 0 unspecified atom stereocenters. The van der Waals surface area contributed by atoms with E-state index in [0.717, 1.165) is 13.1 Å². The highest BCUT2D eigenvalue weighted by atomic mass is 32.2. The van der Waals surface area contributed by atoms with Crippen molar-refractivity contribution in [1.29, 1.82) is 0 Å². The molecule has 4 rings (SSSR count). The molecule has 0 aliphatic carbocycles. The van der Waals surface area contributed by atoms with E-state index in [-0.39, 0.29) is 23.8 Å². The average Bonchev–Trinajstić information content (AvgIpc) is 3.28. The second-order valence-electron chi connectivity index (χ2n) is 7.80.